The van der Waals surface area contributed by atoms with Gasteiger partial charge < -0.3 is 15.7 Å². The van der Waals surface area contributed by atoms with Gasteiger partial charge in [-0.05, 0) is 38.9 Å². The van der Waals surface area contributed by atoms with E-state index in [1.165, 1.54) is 0 Å². The first kappa shape index (κ1) is 16.9. The van der Waals surface area contributed by atoms with Gasteiger partial charge in [-0.25, -0.2) is 0 Å². The van der Waals surface area contributed by atoms with Gasteiger partial charge in [-0.1, -0.05) is 31.2 Å². The number of hydrogen-bond acceptors (Lipinski definition) is 3. The van der Waals surface area contributed by atoms with Gasteiger partial charge in [0.15, 0.2) is 0 Å². The monoisotopic (exact) mass is 254 g/mol. The molecule has 0 radical (unpaired) electrons. The van der Waals surface area contributed by atoms with Crippen molar-refractivity contribution in [2.45, 2.75) is 32.6 Å². The Balaban J connectivity index is 3.09. The highest BCUT2D eigenvalue weighted by atomic mass is 16.4. The third-order valence-electron chi connectivity index (χ3n) is 2.33. The van der Waals surface area contributed by atoms with E-state index in [4.69, 9.17) is 5.11 Å². The molecule has 104 valence electrons. The molecule has 0 atom stereocenters. The fraction of sp³-hybridized carbons (Fsp3) is 0.643. The first-order valence-electron chi connectivity index (χ1n) is 6.72. The summed E-state index contributed by atoms with van der Waals surface area (Å²) in [5, 5.41) is 14.9. The molecule has 0 spiro atoms. The fourth-order valence-electron chi connectivity index (χ4n) is 1.36. The van der Waals surface area contributed by atoms with Crippen LogP contribution in [0.3, 0.4) is 0 Å². The molecule has 0 saturated carbocycles. The van der Waals surface area contributed by atoms with Crippen molar-refractivity contribution in [3.8, 4) is 0 Å². The minimum atomic E-state index is -0.746. The Morgan fingerprint density at radius 1 is 1.06 bits per heavy atom. The Bertz CT molecular complexity index is 250. The topological polar surface area (TPSA) is 61.4 Å². The van der Waals surface area contributed by atoms with Gasteiger partial charge in [-0.3, -0.25) is 4.79 Å². The third kappa shape index (κ3) is 14.9. The molecular weight excluding hydrogens is 228 g/mol. The Morgan fingerprint density at radius 3 is 2.39 bits per heavy atom. The van der Waals surface area contributed by atoms with E-state index >= 15 is 0 Å². The van der Waals surface area contributed by atoms with Crippen LogP contribution in [0.25, 0.3) is 0 Å². The summed E-state index contributed by atoms with van der Waals surface area (Å²) < 4.78 is 0. The lowest BCUT2D eigenvalue weighted by atomic mass is 10.3. The summed E-state index contributed by atoms with van der Waals surface area (Å²) in [6.45, 7) is 5.51. The van der Waals surface area contributed by atoms with Crippen molar-refractivity contribution < 1.29 is 9.90 Å². The van der Waals surface area contributed by atoms with Crippen molar-refractivity contribution >= 4 is 5.97 Å². The molecule has 0 amide bonds. The minimum absolute atomic E-state index is 0.198. The number of hydrogen-bond donors (Lipinski definition) is 3. The predicted molar refractivity (Wildman–Crippen MR) is 75.8 cm³/mol. The van der Waals surface area contributed by atoms with Crippen LogP contribution in [-0.4, -0.2) is 37.3 Å². The summed E-state index contributed by atoms with van der Waals surface area (Å²) in [6.07, 6.45) is 11.8. The zero-order valence-electron chi connectivity index (χ0n) is 11.3. The molecule has 4 heteroatoms. The van der Waals surface area contributed by atoms with Crippen LogP contribution in [0.1, 0.15) is 32.6 Å². The number of rotatable bonds is 12. The highest BCUT2D eigenvalue weighted by molar-refractivity contribution is 5.66. The largest absolute Gasteiger partial charge is 0.481 e. The van der Waals surface area contributed by atoms with Gasteiger partial charge in [0.25, 0.3) is 0 Å². The number of carbonyl (C=O) groups is 1. The molecule has 0 aromatic rings. The van der Waals surface area contributed by atoms with E-state index in [0.717, 1.165) is 38.9 Å². The zero-order chi connectivity index (χ0) is 13.5. The predicted octanol–water partition coefficient (Wildman–Crippen LogP) is 1.94. The lowest BCUT2D eigenvalue weighted by molar-refractivity contribution is -0.136. The van der Waals surface area contributed by atoms with Crippen molar-refractivity contribution in [2.75, 3.05) is 26.2 Å². The highest BCUT2D eigenvalue weighted by Crippen LogP contribution is 1.85. The summed E-state index contributed by atoms with van der Waals surface area (Å²) >= 11 is 0. The zero-order valence-corrected chi connectivity index (χ0v) is 11.3. The van der Waals surface area contributed by atoms with Gasteiger partial charge >= 0.3 is 5.97 Å². The van der Waals surface area contributed by atoms with Crippen molar-refractivity contribution in [3.63, 3.8) is 0 Å². The number of carboxylic acid groups (broad SMARTS) is 1. The average molecular weight is 254 g/mol. The van der Waals surface area contributed by atoms with E-state index in [9.17, 15) is 4.79 Å². The van der Waals surface area contributed by atoms with Crippen molar-refractivity contribution in [2.24, 2.45) is 0 Å². The SMILES string of the molecule is CC/C=C/C=C/CCNCCCNCCC(=O)O. The Morgan fingerprint density at radius 2 is 1.72 bits per heavy atom. The second-order valence-corrected chi connectivity index (χ2v) is 4.05. The van der Waals surface area contributed by atoms with Crippen LogP contribution >= 0.6 is 0 Å². The molecule has 0 heterocycles. The lowest BCUT2D eigenvalue weighted by Gasteiger charge is -2.04. The maximum Gasteiger partial charge on any atom is 0.304 e. The second kappa shape index (κ2) is 13.9. The number of allylic oxidation sites excluding steroid dienone is 3. The van der Waals surface area contributed by atoms with E-state index in [0.29, 0.717) is 6.54 Å². The standard InChI is InChI=1S/C14H26N2O2/c1-2-3-4-5-6-7-10-15-11-8-12-16-13-9-14(17)18/h3-6,15-16H,2,7-13H2,1H3,(H,17,18)/b4-3+,6-5+. The fourth-order valence-corrected chi connectivity index (χ4v) is 1.36. The van der Waals surface area contributed by atoms with Crippen LogP contribution < -0.4 is 10.6 Å². The van der Waals surface area contributed by atoms with Gasteiger partial charge in [-0.15, -0.1) is 0 Å². The lowest BCUT2D eigenvalue weighted by Crippen LogP contribution is -2.24. The van der Waals surface area contributed by atoms with E-state index in [-0.39, 0.29) is 6.42 Å². The summed E-state index contributed by atoms with van der Waals surface area (Å²) in [6, 6.07) is 0. The molecule has 0 fully saturated rings. The second-order valence-electron chi connectivity index (χ2n) is 4.05. The molecule has 18 heavy (non-hydrogen) atoms. The average Bonchev–Trinajstić information content (AvgIpc) is 2.34. The summed E-state index contributed by atoms with van der Waals surface area (Å²) in [5.41, 5.74) is 0. The number of nitrogens with one attached hydrogen (secondary N) is 2. The van der Waals surface area contributed by atoms with Gasteiger partial charge in [0, 0.05) is 6.54 Å². The summed E-state index contributed by atoms with van der Waals surface area (Å²) in [7, 11) is 0. The normalized spacial score (nSPS) is 11.6. The quantitative estimate of drug-likeness (QED) is 0.368. The molecule has 0 bridgehead atoms. The van der Waals surface area contributed by atoms with Crippen LogP contribution in [0.15, 0.2) is 24.3 Å². The maximum atomic E-state index is 10.2. The van der Waals surface area contributed by atoms with Gasteiger partial charge in [-0.2, -0.15) is 0 Å². The Kier molecular flexibility index (Phi) is 13.1. The van der Waals surface area contributed by atoms with Gasteiger partial charge in [0.05, 0.1) is 6.42 Å². The molecule has 0 aliphatic carbocycles. The van der Waals surface area contributed by atoms with Crippen LogP contribution in [0.2, 0.25) is 0 Å². The van der Waals surface area contributed by atoms with Crippen molar-refractivity contribution in [1.82, 2.24) is 10.6 Å². The smallest absolute Gasteiger partial charge is 0.304 e. The van der Waals surface area contributed by atoms with Crippen LogP contribution in [0.5, 0.6) is 0 Å². The Hall–Kier alpha value is -1.13. The van der Waals surface area contributed by atoms with E-state index in [1.807, 2.05) is 0 Å². The Labute approximate surface area is 110 Å². The van der Waals surface area contributed by atoms with E-state index in [2.05, 4.69) is 41.9 Å². The van der Waals surface area contributed by atoms with E-state index < -0.39 is 5.97 Å². The minimum Gasteiger partial charge on any atom is -0.481 e. The number of aliphatic carboxylic acids is 1. The molecule has 0 aromatic heterocycles. The molecular formula is C14H26N2O2. The van der Waals surface area contributed by atoms with Crippen LogP contribution in [0.4, 0.5) is 0 Å². The molecule has 3 N–H and O–H groups in total. The van der Waals surface area contributed by atoms with Gasteiger partial charge in [0.1, 0.15) is 0 Å². The molecule has 0 saturated heterocycles. The first-order valence-corrected chi connectivity index (χ1v) is 6.72. The van der Waals surface area contributed by atoms with Crippen molar-refractivity contribution in [3.05, 3.63) is 24.3 Å². The molecule has 4 nitrogen and oxygen atoms in total. The summed E-state index contributed by atoms with van der Waals surface area (Å²) in [5.74, 6) is -0.746. The van der Waals surface area contributed by atoms with E-state index in [1.54, 1.807) is 0 Å². The molecule has 0 unspecified atom stereocenters. The highest BCUT2D eigenvalue weighted by Gasteiger charge is 1.94. The first-order chi connectivity index (χ1) is 8.77. The molecule has 0 rings (SSSR count). The summed E-state index contributed by atoms with van der Waals surface area (Å²) in [4.78, 5) is 10.2. The molecule has 0 aliphatic heterocycles. The van der Waals surface area contributed by atoms with Crippen LogP contribution in [0, 0.1) is 0 Å². The van der Waals surface area contributed by atoms with Gasteiger partial charge in [0.2, 0.25) is 0 Å². The van der Waals surface area contributed by atoms with Crippen LogP contribution in [-0.2, 0) is 4.79 Å². The number of carboxylic acids is 1. The van der Waals surface area contributed by atoms with Crippen molar-refractivity contribution in [1.29, 1.82) is 0 Å². The maximum absolute atomic E-state index is 10.2. The molecule has 0 aliphatic rings. The molecule has 0 aromatic carbocycles. The third-order valence-corrected chi connectivity index (χ3v) is 2.33.